The van der Waals surface area contributed by atoms with Crippen molar-refractivity contribution >= 4 is 11.6 Å². The van der Waals surface area contributed by atoms with Gasteiger partial charge in [0.15, 0.2) is 5.75 Å². The van der Waals surface area contributed by atoms with Gasteiger partial charge in [0.1, 0.15) is 6.61 Å². The molecule has 4 nitrogen and oxygen atoms in total. The lowest BCUT2D eigenvalue weighted by molar-refractivity contribution is 0.0940. The summed E-state index contributed by atoms with van der Waals surface area (Å²) < 4.78 is 5.70. The lowest BCUT2D eigenvalue weighted by Gasteiger charge is -2.21. The number of ether oxygens (including phenoxy) is 1. The highest BCUT2D eigenvalue weighted by Crippen LogP contribution is 2.65. The summed E-state index contributed by atoms with van der Waals surface area (Å²) in [4.78, 5) is 12.6. The van der Waals surface area contributed by atoms with E-state index in [1.54, 1.807) is 0 Å². The molecule has 2 N–H and O–H groups in total. The third kappa shape index (κ3) is 1.65. The first-order chi connectivity index (χ1) is 10.3. The summed E-state index contributed by atoms with van der Waals surface area (Å²) in [6.07, 6.45) is 4.17. The molecule has 3 aliphatic carbocycles. The fourth-order valence-corrected chi connectivity index (χ4v) is 5.10. The minimum Gasteiger partial charge on any atom is -0.489 e. The molecule has 1 aromatic carbocycles. The zero-order valence-corrected chi connectivity index (χ0v) is 12.0. The Kier molecular flexibility index (Phi) is 2.35. The van der Waals surface area contributed by atoms with E-state index in [9.17, 15) is 4.79 Å². The molecule has 4 atom stereocenters. The fraction of sp³-hybridized carbons (Fsp3) is 0.588. The van der Waals surface area contributed by atoms with Crippen molar-refractivity contribution in [3.8, 4) is 5.75 Å². The van der Waals surface area contributed by atoms with Gasteiger partial charge in [0.05, 0.1) is 11.3 Å². The highest BCUT2D eigenvalue weighted by atomic mass is 16.5. The van der Waals surface area contributed by atoms with Crippen LogP contribution in [0.3, 0.4) is 0 Å². The summed E-state index contributed by atoms with van der Waals surface area (Å²) >= 11 is 0. The lowest BCUT2D eigenvalue weighted by atomic mass is 10.0. The zero-order valence-electron chi connectivity index (χ0n) is 12.0. The summed E-state index contributed by atoms with van der Waals surface area (Å²) in [5.74, 6) is 4.06. The maximum Gasteiger partial charge on any atom is 0.255 e. The number of hydrogen-bond donors (Lipinski definition) is 2. The zero-order chi connectivity index (χ0) is 14.0. The van der Waals surface area contributed by atoms with E-state index < -0.39 is 0 Å². The molecule has 4 aliphatic rings. The first kappa shape index (κ1) is 11.9. The molecule has 0 aromatic heterocycles. The Morgan fingerprint density at radius 2 is 2.05 bits per heavy atom. The predicted molar refractivity (Wildman–Crippen MR) is 79.5 cm³/mol. The van der Waals surface area contributed by atoms with Gasteiger partial charge < -0.3 is 15.4 Å². The van der Waals surface area contributed by atoms with Crippen molar-refractivity contribution in [3.05, 3.63) is 23.8 Å². The van der Waals surface area contributed by atoms with Gasteiger partial charge in [-0.1, -0.05) is 6.07 Å². The molecule has 4 unspecified atom stereocenters. The van der Waals surface area contributed by atoms with Gasteiger partial charge in [-0.15, -0.1) is 0 Å². The minimum absolute atomic E-state index is 0.0364. The highest BCUT2D eigenvalue weighted by Gasteiger charge is 2.65. The number of para-hydroxylation sites is 1. The summed E-state index contributed by atoms with van der Waals surface area (Å²) in [5.41, 5.74) is 1.61. The molecule has 3 saturated carbocycles. The van der Waals surface area contributed by atoms with Crippen molar-refractivity contribution < 1.29 is 9.53 Å². The van der Waals surface area contributed by atoms with Gasteiger partial charge in [0, 0.05) is 12.6 Å². The molecule has 0 radical (unpaired) electrons. The van der Waals surface area contributed by atoms with E-state index in [0.29, 0.717) is 18.2 Å². The van der Waals surface area contributed by atoms with Crippen LogP contribution in [0, 0.1) is 23.7 Å². The number of amides is 1. The van der Waals surface area contributed by atoms with Crippen molar-refractivity contribution in [2.75, 3.05) is 18.5 Å². The average Bonchev–Trinajstić information content (AvgIpc) is 2.91. The number of fused-ring (bicyclic) bond motifs is 6. The Bertz CT molecular complexity index is 599. The molecule has 3 fully saturated rings. The van der Waals surface area contributed by atoms with Crippen LogP contribution in [0.4, 0.5) is 5.69 Å². The van der Waals surface area contributed by atoms with E-state index in [1.165, 1.54) is 19.3 Å². The van der Waals surface area contributed by atoms with Crippen molar-refractivity contribution in [3.63, 3.8) is 0 Å². The van der Waals surface area contributed by atoms with Crippen LogP contribution in [0.1, 0.15) is 29.6 Å². The van der Waals surface area contributed by atoms with E-state index in [-0.39, 0.29) is 5.91 Å². The third-order valence-corrected chi connectivity index (χ3v) is 5.96. The number of nitrogens with one attached hydrogen (secondary N) is 2. The average molecular weight is 284 g/mol. The van der Waals surface area contributed by atoms with E-state index >= 15 is 0 Å². The number of rotatable bonds is 2. The molecule has 110 valence electrons. The smallest absolute Gasteiger partial charge is 0.255 e. The normalized spacial score (nSPS) is 38.0. The van der Waals surface area contributed by atoms with Crippen LogP contribution in [0.2, 0.25) is 0 Å². The first-order valence-electron chi connectivity index (χ1n) is 8.13. The Hall–Kier alpha value is -1.71. The third-order valence-electron chi connectivity index (χ3n) is 5.96. The molecule has 0 spiro atoms. The second-order valence-electron chi connectivity index (χ2n) is 6.94. The molecule has 4 heteroatoms. The van der Waals surface area contributed by atoms with E-state index in [1.807, 2.05) is 18.2 Å². The number of carbonyl (C=O) groups excluding carboxylic acids is 1. The number of hydrogen-bond acceptors (Lipinski definition) is 3. The van der Waals surface area contributed by atoms with Crippen LogP contribution < -0.4 is 15.4 Å². The molecule has 1 aliphatic heterocycles. The minimum atomic E-state index is 0.0364. The monoisotopic (exact) mass is 284 g/mol. The van der Waals surface area contributed by atoms with Crippen molar-refractivity contribution in [1.29, 1.82) is 0 Å². The topological polar surface area (TPSA) is 50.4 Å². The molecule has 1 amide bonds. The molecule has 21 heavy (non-hydrogen) atoms. The second kappa shape index (κ2) is 4.15. The van der Waals surface area contributed by atoms with Gasteiger partial charge >= 0.3 is 0 Å². The number of carbonyl (C=O) groups is 1. The molecular formula is C17H20N2O2. The highest BCUT2D eigenvalue weighted by molar-refractivity contribution is 5.99. The van der Waals surface area contributed by atoms with Crippen LogP contribution in [0.5, 0.6) is 5.75 Å². The van der Waals surface area contributed by atoms with Gasteiger partial charge in [-0.3, -0.25) is 4.79 Å². The van der Waals surface area contributed by atoms with E-state index in [2.05, 4.69) is 10.6 Å². The summed E-state index contributed by atoms with van der Waals surface area (Å²) in [5, 5.41) is 6.56. The van der Waals surface area contributed by atoms with Crippen LogP contribution >= 0.6 is 0 Å². The van der Waals surface area contributed by atoms with E-state index in [4.69, 9.17) is 4.74 Å². The van der Waals surface area contributed by atoms with Gasteiger partial charge in [-0.2, -0.15) is 0 Å². The molecule has 0 saturated heterocycles. The lowest BCUT2D eigenvalue weighted by Crippen LogP contribution is -2.31. The Morgan fingerprint density at radius 1 is 1.24 bits per heavy atom. The van der Waals surface area contributed by atoms with Crippen LogP contribution in [0.15, 0.2) is 18.2 Å². The van der Waals surface area contributed by atoms with E-state index in [0.717, 1.165) is 41.7 Å². The van der Waals surface area contributed by atoms with Crippen molar-refractivity contribution in [2.24, 2.45) is 23.7 Å². The molecule has 2 bridgehead atoms. The fourth-order valence-electron chi connectivity index (χ4n) is 5.10. The predicted octanol–water partition coefficient (Wildman–Crippen LogP) is 2.27. The first-order valence-corrected chi connectivity index (χ1v) is 8.13. The van der Waals surface area contributed by atoms with Crippen molar-refractivity contribution in [2.45, 2.75) is 25.3 Å². The van der Waals surface area contributed by atoms with Crippen molar-refractivity contribution in [1.82, 2.24) is 5.32 Å². The molecule has 1 aromatic rings. The summed E-state index contributed by atoms with van der Waals surface area (Å²) in [6.45, 7) is 1.42. The van der Waals surface area contributed by atoms with Gasteiger partial charge in [0.25, 0.3) is 5.91 Å². The standard InChI is InChI=1S/C17H20N2O2/c20-17(11-2-1-3-12-16(11)21-7-6-18-12)19-15-13-9-4-5-10(8-9)14(13)15/h1-3,9-10,13-15,18H,4-8H2,(H,19,20). The van der Waals surface area contributed by atoms with Crippen LogP contribution in [-0.2, 0) is 0 Å². The maximum absolute atomic E-state index is 12.6. The largest absolute Gasteiger partial charge is 0.489 e. The van der Waals surface area contributed by atoms with Gasteiger partial charge in [-0.05, 0) is 55.1 Å². The SMILES string of the molecule is O=C(NC1C2C3CCC(C3)C12)c1cccc2c1OCCN2. The maximum atomic E-state index is 12.6. The second-order valence-corrected chi connectivity index (χ2v) is 6.94. The van der Waals surface area contributed by atoms with Gasteiger partial charge in [-0.25, -0.2) is 0 Å². The number of benzene rings is 1. The van der Waals surface area contributed by atoms with Gasteiger partial charge in [0.2, 0.25) is 0 Å². The summed E-state index contributed by atoms with van der Waals surface area (Å²) in [7, 11) is 0. The summed E-state index contributed by atoms with van der Waals surface area (Å²) in [6, 6.07) is 6.19. The Morgan fingerprint density at radius 3 is 2.86 bits per heavy atom. The van der Waals surface area contributed by atoms with Crippen LogP contribution in [0.25, 0.3) is 0 Å². The Balaban J connectivity index is 1.36. The Labute approximate surface area is 124 Å². The quantitative estimate of drug-likeness (QED) is 0.876. The molecular weight excluding hydrogens is 264 g/mol. The number of anilines is 1. The molecule has 5 rings (SSSR count). The molecule has 1 heterocycles. The van der Waals surface area contributed by atoms with Crippen LogP contribution in [-0.4, -0.2) is 25.1 Å².